The van der Waals surface area contributed by atoms with Gasteiger partial charge in [-0.05, 0) is 49.1 Å². The Morgan fingerprint density at radius 3 is 2.31 bits per heavy atom. The summed E-state index contributed by atoms with van der Waals surface area (Å²) < 4.78 is 33.0. The second-order valence-electron chi connectivity index (χ2n) is 9.25. The van der Waals surface area contributed by atoms with E-state index < -0.39 is 10.0 Å². The van der Waals surface area contributed by atoms with Crippen molar-refractivity contribution in [3.63, 3.8) is 0 Å². The van der Waals surface area contributed by atoms with Crippen molar-refractivity contribution in [3.05, 3.63) is 65.7 Å². The summed E-state index contributed by atoms with van der Waals surface area (Å²) in [5, 5.41) is 0. The second kappa shape index (κ2) is 11.4. The number of hydrogen-bond donors (Lipinski definition) is 0. The highest BCUT2D eigenvalue weighted by atomic mass is 32.2. The van der Waals surface area contributed by atoms with Crippen molar-refractivity contribution in [3.8, 4) is 5.75 Å². The molecule has 7 nitrogen and oxygen atoms in total. The van der Waals surface area contributed by atoms with Crippen LogP contribution in [-0.4, -0.2) is 81.4 Å². The minimum Gasteiger partial charge on any atom is -0.496 e. The Balaban J connectivity index is 1.25. The Morgan fingerprint density at radius 1 is 1.00 bits per heavy atom. The molecule has 0 saturated carbocycles. The van der Waals surface area contributed by atoms with Gasteiger partial charge in [-0.2, -0.15) is 4.31 Å². The summed E-state index contributed by atoms with van der Waals surface area (Å²) in [6.07, 6.45) is 5.43. The van der Waals surface area contributed by atoms with Gasteiger partial charge >= 0.3 is 0 Å². The predicted molar refractivity (Wildman–Crippen MR) is 138 cm³/mol. The molecule has 2 heterocycles. The van der Waals surface area contributed by atoms with Crippen LogP contribution in [0, 0.1) is 12.8 Å². The molecule has 2 aromatic carbocycles. The quantitative estimate of drug-likeness (QED) is 0.587. The first-order valence-corrected chi connectivity index (χ1v) is 13.7. The van der Waals surface area contributed by atoms with Crippen LogP contribution >= 0.6 is 0 Å². The SMILES string of the molecule is COc1ccc(S(=O)(=O)N2CCC(C(=O)N3CCN(C/C=C/c4ccccc4)CC3)CC2)cc1C. The lowest BCUT2D eigenvalue weighted by Gasteiger charge is -2.38. The number of benzene rings is 2. The highest BCUT2D eigenvalue weighted by molar-refractivity contribution is 7.89. The zero-order valence-corrected chi connectivity index (χ0v) is 21.4. The van der Waals surface area contributed by atoms with E-state index >= 15 is 0 Å². The number of methoxy groups -OCH3 is 1. The Labute approximate surface area is 209 Å². The van der Waals surface area contributed by atoms with Crippen LogP contribution in [0.4, 0.5) is 0 Å². The number of aryl methyl sites for hydroxylation is 1. The third-order valence-electron chi connectivity index (χ3n) is 6.96. The lowest BCUT2D eigenvalue weighted by atomic mass is 9.96. The molecule has 35 heavy (non-hydrogen) atoms. The summed E-state index contributed by atoms with van der Waals surface area (Å²) in [5.74, 6) is 0.728. The third kappa shape index (κ3) is 6.12. The molecule has 0 spiro atoms. The summed E-state index contributed by atoms with van der Waals surface area (Å²) in [6.45, 7) is 6.61. The van der Waals surface area contributed by atoms with Crippen molar-refractivity contribution in [2.75, 3.05) is 52.9 Å². The van der Waals surface area contributed by atoms with E-state index in [0.717, 1.165) is 38.3 Å². The molecule has 0 N–H and O–H groups in total. The monoisotopic (exact) mass is 497 g/mol. The normalized spacial score (nSPS) is 18.7. The summed E-state index contributed by atoms with van der Waals surface area (Å²) in [6, 6.07) is 15.2. The highest BCUT2D eigenvalue weighted by Crippen LogP contribution is 2.28. The molecule has 0 bridgehead atoms. The molecular weight excluding hydrogens is 462 g/mol. The van der Waals surface area contributed by atoms with E-state index in [1.807, 2.05) is 30.0 Å². The van der Waals surface area contributed by atoms with Crippen molar-refractivity contribution in [1.29, 1.82) is 0 Å². The molecule has 2 fully saturated rings. The molecule has 4 rings (SSSR count). The van der Waals surface area contributed by atoms with Crippen molar-refractivity contribution >= 4 is 22.0 Å². The first-order valence-electron chi connectivity index (χ1n) is 12.3. The largest absolute Gasteiger partial charge is 0.496 e. The van der Waals surface area contributed by atoms with Crippen LogP contribution in [0.25, 0.3) is 6.08 Å². The molecule has 0 aliphatic carbocycles. The van der Waals surface area contributed by atoms with Crippen LogP contribution < -0.4 is 4.74 Å². The maximum Gasteiger partial charge on any atom is 0.243 e. The van der Waals surface area contributed by atoms with Gasteiger partial charge in [0.2, 0.25) is 15.9 Å². The Hall–Kier alpha value is -2.68. The highest BCUT2D eigenvalue weighted by Gasteiger charge is 2.34. The van der Waals surface area contributed by atoms with E-state index in [1.54, 1.807) is 25.3 Å². The summed E-state index contributed by atoms with van der Waals surface area (Å²) in [7, 11) is -2.01. The maximum absolute atomic E-state index is 13.1. The second-order valence-corrected chi connectivity index (χ2v) is 11.2. The summed E-state index contributed by atoms with van der Waals surface area (Å²) in [5.41, 5.74) is 1.98. The number of carbonyl (C=O) groups is 1. The minimum absolute atomic E-state index is 0.108. The smallest absolute Gasteiger partial charge is 0.243 e. The first-order chi connectivity index (χ1) is 16.9. The predicted octanol–water partition coefficient (Wildman–Crippen LogP) is 3.26. The van der Waals surface area contributed by atoms with Crippen LogP contribution in [0.3, 0.4) is 0 Å². The summed E-state index contributed by atoms with van der Waals surface area (Å²) in [4.78, 5) is 17.7. The molecule has 1 amide bonds. The van der Waals surface area contributed by atoms with Crippen LogP contribution in [0.15, 0.2) is 59.5 Å². The van der Waals surface area contributed by atoms with Gasteiger partial charge in [0, 0.05) is 51.7 Å². The minimum atomic E-state index is -3.58. The van der Waals surface area contributed by atoms with E-state index in [9.17, 15) is 13.2 Å². The van der Waals surface area contributed by atoms with Gasteiger partial charge in [-0.25, -0.2) is 8.42 Å². The molecule has 188 valence electrons. The Morgan fingerprint density at radius 2 is 1.69 bits per heavy atom. The summed E-state index contributed by atoms with van der Waals surface area (Å²) >= 11 is 0. The molecular formula is C27H35N3O4S. The molecule has 2 aromatic rings. The Bertz CT molecular complexity index is 1130. The van der Waals surface area contributed by atoms with E-state index in [4.69, 9.17) is 4.74 Å². The fourth-order valence-electron chi connectivity index (χ4n) is 4.81. The Kier molecular flexibility index (Phi) is 8.26. The van der Waals surface area contributed by atoms with Gasteiger partial charge in [-0.15, -0.1) is 0 Å². The molecule has 2 aliphatic heterocycles. The fourth-order valence-corrected chi connectivity index (χ4v) is 6.37. The number of amides is 1. The van der Waals surface area contributed by atoms with Crippen molar-refractivity contribution in [1.82, 2.24) is 14.1 Å². The van der Waals surface area contributed by atoms with E-state index in [1.165, 1.54) is 9.87 Å². The van der Waals surface area contributed by atoms with Gasteiger partial charge in [0.25, 0.3) is 0 Å². The van der Waals surface area contributed by atoms with E-state index in [-0.39, 0.29) is 16.7 Å². The van der Waals surface area contributed by atoms with Gasteiger partial charge < -0.3 is 9.64 Å². The topological polar surface area (TPSA) is 70.2 Å². The number of rotatable bonds is 7. The van der Waals surface area contributed by atoms with Gasteiger partial charge in [-0.3, -0.25) is 9.69 Å². The van der Waals surface area contributed by atoms with Gasteiger partial charge in [0.1, 0.15) is 5.75 Å². The number of nitrogens with zero attached hydrogens (tertiary/aromatic N) is 3. The van der Waals surface area contributed by atoms with Gasteiger partial charge in [0.05, 0.1) is 12.0 Å². The van der Waals surface area contributed by atoms with Crippen molar-refractivity contribution in [2.24, 2.45) is 5.92 Å². The molecule has 2 saturated heterocycles. The molecule has 0 aromatic heterocycles. The standard InChI is InChI=1S/C27H35N3O4S/c1-22-21-25(10-11-26(22)34-2)35(32,33)30-15-12-24(13-16-30)27(31)29-19-17-28(18-20-29)14-6-9-23-7-4-3-5-8-23/h3-11,21,24H,12-20H2,1-2H3/b9-6+. The van der Waals surface area contributed by atoms with E-state index in [0.29, 0.717) is 31.7 Å². The lowest BCUT2D eigenvalue weighted by molar-refractivity contribution is -0.138. The molecule has 0 atom stereocenters. The lowest BCUT2D eigenvalue weighted by Crippen LogP contribution is -2.51. The zero-order chi connectivity index (χ0) is 24.8. The number of hydrogen-bond acceptors (Lipinski definition) is 5. The van der Waals surface area contributed by atoms with Crippen LogP contribution in [0.1, 0.15) is 24.0 Å². The van der Waals surface area contributed by atoms with Crippen LogP contribution in [-0.2, 0) is 14.8 Å². The van der Waals surface area contributed by atoms with Crippen molar-refractivity contribution < 1.29 is 17.9 Å². The van der Waals surface area contributed by atoms with Crippen LogP contribution in [0.5, 0.6) is 5.75 Å². The number of piperidine rings is 1. The molecule has 0 radical (unpaired) electrons. The average Bonchev–Trinajstić information content (AvgIpc) is 2.89. The molecule has 0 unspecified atom stereocenters. The number of carbonyl (C=O) groups excluding carboxylic acids is 1. The number of sulfonamides is 1. The number of piperazine rings is 1. The molecule has 2 aliphatic rings. The zero-order valence-electron chi connectivity index (χ0n) is 20.6. The number of ether oxygens (including phenoxy) is 1. The van der Waals surface area contributed by atoms with Crippen LogP contribution in [0.2, 0.25) is 0 Å². The van der Waals surface area contributed by atoms with Crippen molar-refractivity contribution in [2.45, 2.75) is 24.7 Å². The van der Waals surface area contributed by atoms with Gasteiger partial charge in [0.15, 0.2) is 0 Å². The third-order valence-corrected chi connectivity index (χ3v) is 8.86. The first kappa shape index (κ1) is 25.4. The average molecular weight is 498 g/mol. The van der Waals surface area contributed by atoms with Gasteiger partial charge in [-0.1, -0.05) is 42.5 Å². The maximum atomic E-state index is 13.1. The fraction of sp³-hybridized carbons (Fsp3) is 0.444. The molecule has 8 heteroatoms. The van der Waals surface area contributed by atoms with E-state index in [2.05, 4.69) is 29.2 Å².